The summed E-state index contributed by atoms with van der Waals surface area (Å²) in [5, 5.41) is 2.59. The maximum atomic E-state index is 13.4. The van der Waals surface area contributed by atoms with Gasteiger partial charge in [-0.2, -0.15) is 0 Å². The summed E-state index contributed by atoms with van der Waals surface area (Å²) >= 11 is 0. The average molecular weight is 550 g/mol. The van der Waals surface area contributed by atoms with Crippen molar-refractivity contribution in [3.63, 3.8) is 0 Å². The van der Waals surface area contributed by atoms with Gasteiger partial charge in [-0.1, -0.05) is 0 Å². The van der Waals surface area contributed by atoms with E-state index in [0.29, 0.717) is 30.9 Å². The highest BCUT2D eigenvalue weighted by Crippen LogP contribution is 2.36. The van der Waals surface area contributed by atoms with E-state index in [1.165, 1.54) is 37.3 Å². The van der Waals surface area contributed by atoms with Crippen molar-refractivity contribution in [2.24, 2.45) is 5.92 Å². The molecule has 0 spiro atoms. The van der Waals surface area contributed by atoms with Crippen molar-refractivity contribution in [2.45, 2.75) is 30.7 Å². The molecule has 204 valence electrons. The summed E-state index contributed by atoms with van der Waals surface area (Å²) in [6.07, 6.45) is 0.870. The molecule has 2 aliphatic rings. The average Bonchev–Trinajstić information content (AvgIpc) is 2.90. The number of rotatable bonds is 6. The van der Waals surface area contributed by atoms with Crippen molar-refractivity contribution in [1.82, 2.24) is 9.47 Å². The van der Waals surface area contributed by atoms with Crippen LogP contribution in [-0.4, -0.2) is 56.9 Å². The standard InChI is InChI=1S/C28H31N5O5S/c1-18(34)29-22-6-10-24(11-7-22)39(37,38)30-25-12-13-26-21-14-19(16-33(26)28(25)36)15-32(17-21)27(35)20-4-8-23(9-5-20)31(2)3/h4-13,19,21,30H,14-17H2,1-3H3,(H,29,34). The molecule has 3 aromatic rings. The van der Waals surface area contributed by atoms with Gasteiger partial charge < -0.3 is 19.7 Å². The number of piperidine rings is 1. The summed E-state index contributed by atoms with van der Waals surface area (Å²) in [6, 6.07) is 16.5. The molecule has 2 amide bonds. The number of anilines is 3. The van der Waals surface area contributed by atoms with Crippen molar-refractivity contribution in [2.75, 3.05) is 42.1 Å². The number of fused-ring (bicyclic) bond motifs is 4. The van der Waals surface area contributed by atoms with Crippen molar-refractivity contribution >= 4 is 38.9 Å². The minimum Gasteiger partial charge on any atom is -0.378 e. The van der Waals surface area contributed by atoms with Crippen LogP contribution in [0.3, 0.4) is 0 Å². The highest BCUT2D eigenvalue weighted by Gasteiger charge is 2.37. The highest BCUT2D eigenvalue weighted by molar-refractivity contribution is 7.92. The van der Waals surface area contributed by atoms with Crippen molar-refractivity contribution in [1.29, 1.82) is 0 Å². The Morgan fingerprint density at radius 3 is 2.26 bits per heavy atom. The lowest BCUT2D eigenvalue weighted by atomic mass is 9.83. The number of carbonyl (C=O) groups excluding carboxylic acids is 2. The van der Waals surface area contributed by atoms with E-state index in [4.69, 9.17) is 0 Å². The number of amides is 2. The van der Waals surface area contributed by atoms with E-state index in [0.717, 1.165) is 17.8 Å². The molecular weight excluding hydrogens is 518 g/mol. The van der Waals surface area contributed by atoms with E-state index in [1.807, 2.05) is 48.2 Å². The van der Waals surface area contributed by atoms with Crippen LogP contribution in [0.1, 0.15) is 35.3 Å². The molecule has 2 bridgehead atoms. The molecule has 2 aliphatic heterocycles. The molecular formula is C28H31N5O5S. The zero-order valence-corrected chi connectivity index (χ0v) is 22.9. The van der Waals surface area contributed by atoms with E-state index >= 15 is 0 Å². The number of aromatic nitrogens is 1. The largest absolute Gasteiger partial charge is 0.378 e. The molecule has 0 aliphatic carbocycles. The van der Waals surface area contributed by atoms with Crippen molar-refractivity contribution in [3.8, 4) is 0 Å². The van der Waals surface area contributed by atoms with Gasteiger partial charge in [-0.3, -0.25) is 19.1 Å². The molecule has 2 N–H and O–H groups in total. The molecule has 2 atom stereocenters. The molecule has 0 saturated carbocycles. The van der Waals surface area contributed by atoms with Gasteiger partial charge in [-0.25, -0.2) is 8.42 Å². The van der Waals surface area contributed by atoms with E-state index < -0.39 is 15.6 Å². The second-order valence-corrected chi connectivity index (χ2v) is 12.0. The molecule has 5 rings (SSSR count). The third-order valence-electron chi connectivity index (χ3n) is 7.25. The van der Waals surface area contributed by atoms with Gasteiger partial charge >= 0.3 is 0 Å². The minimum atomic E-state index is -4.02. The Morgan fingerprint density at radius 2 is 1.62 bits per heavy atom. The predicted molar refractivity (Wildman–Crippen MR) is 150 cm³/mol. The number of sulfonamides is 1. The van der Waals surface area contributed by atoms with Crippen LogP contribution in [0.2, 0.25) is 0 Å². The van der Waals surface area contributed by atoms with Gasteiger partial charge in [0.25, 0.3) is 21.5 Å². The smallest absolute Gasteiger partial charge is 0.275 e. The Hall–Kier alpha value is -4.12. The molecule has 11 heteroatoms. The quantitative estimate of drug-likeness (QED) is 0.488. The molecule has 0 radical (unpaired) electrons. The Kier molecular flexibility index (Phi) is 6.94. The van der Waals surface area contributed by atoms with E-state index in [1.54, 1.807) is 10.6 Å². The Labute approximate surface area is 227 Å². The maximum Gasteiger partial charge on any atom is 0.275 e. The van der Waals surface area contributed by atoms with Gasteiger partial charge in [-0.05, 0) is 73.0 Å². The number of hydrogen-bond acceptors (Lipinski definition) is 6. The van der Waals surface area contributed by atoms with Gasteiger partial charge in [0.15, 0.2) is 0 Å². The fourth-order valence-corrected chi connectivity index (χ4v) is 6.46. The van der Waals surface area contributed by atoms with Gasteiger partial charge in [0.05, 0.1) is 4.90 Å². The van der Waals surface area contributed by atoms with Crippen LogP contribution in [-0.2, 0) is 21.4 Å². The molecule has 39 heavy (non-hydrogen) atoms. The summed E-state index contributed by atoms with van der Waals surface area (Å²) in [7, 11) is -0.119. The molecule has 2 aromatic carbocycles. The molecule has 1 fully saturated rings. The normalized spacial score (nSPS) is 18.2. The van der Waals surface area contributed by atoms with E-state index in [-0.39, 0.29) is 34.2 Å². The highest BCUT2D eigenvalue weighted by atomic mass is 32.2. The van der Waals surface area contributed by atoms with E-state index in [2.05, 4.69) is 10.0 Å². The SMILES string of the molecule is CC(=O)Nc1ccc(S(=O)(=O)Nc2ccc3n(c2=O)CC2CC3CN(C(=O)c3ccc(N(C)C)cc3)C2)cc1. The second-order valence-electron chi connectivity index (χ2n) is 10.3. The first-order valence-corrected chi connectivity index (χ1v) is 14.2. The zero-order chi connectivity index (χ0) is 27.9. The fourth-order valence-electron chi connectivity index (χ4n) is 5.40. The fraction of sp³-hybridized carbons (Fsp3) is 0.321. The summed E-state index contributed by atoms with van der Waals surface area (Å²) < 4.78 is 30.0. The Morgan fingerprint density at radius 1 is 0.923 bits per heavy atom. The minimum absolute atomic E-state index is 0.0119. The molecule has 3 heterocycles. The third-order valence-corrected chi connectivity index (χ3v) is 8.63. The number of pyridine rings is 1. The van der Waals surface area contributed by atoms with Gasteiger partial charge in [-0.15, -0.1) is 0 Å². The molecule has 10 nitrogen and oxygen atoms in total. The lowest BCUT2D eigenvalue weighted by Gasteiger charge is -2.43. The van der Waals surface area contributed by atoms with Crippen LogP contribution < -0.4 is 20.5 Å². The number of nitrogens with zero attached hydrogens (tertiary/aromatic N) is 3. The number of carbonyl (C=O) groups is 2. The van der Waals surface area contributed by atoms with Gasteiger partial charge in [0.1, 0.15) is 5.69 Å². The zero-order valence-electron chi connectivity index (χ0n) is 22.0. The Bertz CT molecular complexity index is 1580. The van der Waals surface area contributed by atoms with Crippen LogP contribution in [0.5, 0.6) is 0 Å². The molecule has 1 aromatic heterocycles. The topological polar surface area (TPSA) is 121 Å². The second kappa shape index (κ2) is 10.2. The monoisotopic (exact) mass is 549 g/mol. The van der Waals surface area contributed by atoms with Crippen LogP contribution >= 0.6 is 0 Å². The van der Waals surface area contributed by atoms with Crippen LogP contribution in [0.25, 0.3) is 0 Å². The third kappa shape index (κ3) is 5.40. The van der Waals surface area contributed by atoms with E-state index in [9.17, 15) is 22.8 Å². The van der Waals surface area contributed by atoms with Crippen LogP contribution in [0, 0.1) is 5.92 Å². The summed E-state index contributed by atoms with van der Waals surface area (Å²) in [4.78, 5) is 41.6. The lowest BCUT2D eigenvalue weighted by molar-refractivity contribution is -0.114. The summed E-state index contributed by atoms with van der Waals surface area (Å²) in [5.74, 6) is -0.212. The number of likely N-dealkylation sites (tertiary alicyclic amines) is 1. The molecule has 1 saturated heterocycles. The first-order chi connectivity index (χ1) is 18.5. The molecule has 2 unspecified atom stereocenters. The number of hydrogen-bond donors (Lipinski definition) is 2. The number of nitrogens with one attached hydrogen (secondary N) is 2. The van der Waals surface area contributed by atoms with Crippen molar-refractivity contribution < 1.29 is 18.0 Å². The summed E-state index contributed by atoms with van der Waals surface area (Å²) in [5.41, 5.74) is 2.49. The first-order valence-electron chi connectivity index (χ1n) is 12.7. The first kappa shape index (κ1) is 26.5. The van der Waals surface area contributed by atoms with Crippen LogP contribution in [0.15, 0.2) is 70.4 Å². The Balaban J connectivity index is 1.34. The number of benzene rings is 2. The van der Waals surface area contributed by atoms with Crippen LogP contribution in [0.4, 0.5) is 17.1 Å². The summed E-state index contributed by atoms with van der Waals surface area (Å²) in [6.45, 7) is 2.81. The lowest BCUT2D eigenvalue weighted by Crippen LogP contribution is -2.49. The van der Waals surface area contributed by atoms with Gasteiger partial charge in [0, 0.05) is 69.2 Å². The predicted octanol–water partition coefficient (Wildman–Crippen LogP) is 2.93. The van der Waals surface area contributed by atoms with Crippen molar-refractivity contribution in [3.05, 3.63) is 82.3 Å². The maximum absolute atomic E-state index is 13.4. The van der Waals surface area contributed by atoms with Gasteiger partial charge in [0.2, 0.25) is 5.91 Å².